The monoisotopic (exact) mass is 375 g/mol. The van der Waals surface area contributed by atoms with Crippen LogP contribution in [0, 0.1) is 0 Å². The van der Waals surface area contributed by atoms with Crippen molar-refractivity contribution in [3.8, 4) is 0 Å². The molecule has 1 aromatic heterocycles. The molecule has 0 aliphatic heterocycles. The Bertz CT molecular complexity index is 1020. The van der Waals surface area contributed by atoms with Crippen LogP contribution in [0.2, 0.25) is 10.0 Å². The van der Waals surface area contributed by atoms with Crippen LogP contribution >= 0.6 is 23.2 Å². The van der Waals surface area contributed by atoms with Crippen LogP contribution in [-0.2, 0) is 0 Å². The lowest BCUT2D eigenvalue weighted by Gasteiger charge is -2.26. The van der Waals surface area contributed by atoms with Crippen molar-refractivity contribution in [2.75, 3.05) is 7.05 Å². The van der Waals surface area contributed by atoms with Gasteiger partial charge in [-0.1, -0.05) is 47.5 Å². The maximum absolute atomic E-state index is 12.9. The van der Waals surface area contributed by atoms with Crippen LogP contribution in [0.5, 0.6) is 0 Å². The normalized spacial score (nSPS) is 12.2. The molecule has 0 bridgehead atoms. The molecule has 3 aromatic rings. The first-order valence-electron chi connectivity index (χ1n) is 7.59. The highest BCUT2D eigenvalue weighted by Crippen LogP contribution is 2.30. The number of hydrogen-bond acceptors (Lipinski definition) is 3. The minimum absolute atomic E-state index is 0.189. The molecule has 0 aliphatic rings. The quantitative estimate of drug-likeness (QED) is 0.750. The molecular weight excluding hydrogens is 361 g/mol. The van der Waals surface area contributed by atoms with Gasteiger partial charge in [0.15, 0.2) is 5.69 Å². The zero-order valence-electron chi connectivity index (χ0n) is 13.6. The Kier molecular flexibility index (Phi) is 4.79. The molecule has 1 amide bonds. The highest BCUT2D eigenvalue weighted by Gasteiger charge is 2.24. The van der Waals surface area contributed by atoms with E-state index in [1.807, 2.05) is 6.92 Å². The van der Waals surface area contributed by atoms with Crippen LogP contribution in [0.25, 0.3) is 10.8 Å². The summed E-state index contributed by atoms with van der Waals surface area (Å²) < 4.78 is 0. The lowest BCUT2D eigenvalue weighted by atomic mass is 10.1. The van der Waals surface area contributed by atoms with Crippen molar-refractivity contribution in [1.82, 2.24) is 15.1 Å². The largest absolute Gasteiger partial charge is 0.333 e. The van der Waals surface area contributed by atoms with Crippen molar-refractivity contribution < 1.29 is 4.79 Å². The van der Waals surface area contributed by atoms with E-state index >= 15 is 0 Å². The van der Waals surface area contributed by atoms with E-state index in [1.54, 1.807) is 49.5 Å². The van der Waals surface area contributed by atoms with E-state index in [-0.39, 0.29) is 23.2 Å². The van der Waals surface area contributed by atoms with E-state index < -0.39 is 0 Å². The van der Waals surface area contributed by atoms with Gasteiger partial charge in [-0.25, -0.2) is 5.10 Å². The summed E-state index contributed by atoms with van der Waals surface area (Å²) in [5.74, 6) is -0.314. The van der Waals surface area contributed by atoms with Gasteiger partial charge in [0.1, 0.15) is 0 Å². The Morgan fingerprint density at radius 1 is 1.16 bits per heavy atom. The number of nitrogens with zero attached hydrogens (tertiary/aromatic N) is 2. The molecule has 0 saturated heterocycles. The van der Waals surface area contributed by atoms with E-state index in [0.29, 0.717) is 20.8 Å². The minimum Gasteiger partial charge on any atom is -0.333 e. The van der Waals surface area contributed by atoms with Crippen molar-refractivity contribution in [2.24, 2.45) is 0 Å². The average Bonchev–Trinajstić information content (AvgIpc) is 2.60. The summed E-state index contributed by atoms with van der Waals surface area (Å²) in [7, 11) is 1.67. The predicted molar refractivity (Wildman–Crippen MR) is 99.3 cm³/mol. The number of H-pyrrole nitrogens is 1. The van der Waals surface area contributed by atoms with Gasteiger partial charge in [0.25, 0.3) is 11.5 Å². The Morgan fingerprint density at radius 3 is 2.52 bits per heavy atom. The summed E-state index contributed by atoms with van der Waals surface area (Å²) in [6, 6.07) is 11.7. The highest BCUT2D eigenvalue weighted by molar-refractivity contribution is 6.35. The highest BCUT2D eigenvalue weighted by atomic mass is 35.5. The van der Waals surface area contributed by atoms with Gasteiger partial charge in [-0.05, 0) is 30.7 Å². The molecule has 1 atom stereocenters. The number of hydrogen-bond donors (Lipinski definition) is 1. The first kappa shape index (κ1) is 17.5. The standard InChI is InChI=1S/C18H15Cl2N3O2/c1-10(12-8-7-11(19)9-15(12)20)23(2)18(25)16-13-5-3-4-6-14(13)17(24)22-21-16/h3-10H,1-2H3,(H,22,24). The number of aromatic amines is 1. The number of fused-ring (bicyclic) bond motifs is 1. The van der Waals surface area contributed by atoms with E-state index in [4.69, 9.17) is 23.2 Å². The molecule has 3 rings (SSSR count). The van der Waals surface area contributed by atoms with Crippen molar-refractivity contribution in [3.63, 3.8) is 0 Å². The van der Waals surface area contributed by atoms with Crippen LogP contribution < -0.4 is 5.56 Å². The minimum atomic E-state index is -0.330. The summed E-state index contributed by atoms with van der Waals surface area (Å²) >= 11 is 12.2. The summed E-state index contributed by atoms with van der Waals surface area (Å²) in [6.07, 6.45) is 0. The topological polar surface area (TPSA) is 66.1 Å². The zero-order chi connectivity index (χ0) is 18.1. The van der Waals surface area contributed by atoms with Crippen molar-refractivity contribution in [3.05, 3.63) is 74.1 Å². The predicted octanol–water partition coefficient (Wildman–Crippen LogP) is 4.06. The third-order valence-corrected chi connectivity index (χ3v) is 4.77. The van der Waals surface area contributed by atoms with Gasteiger partial charge >= 0.3 is 0 Å². The summed E-state index contributed by atoms with van der Waals surface area (Å²) in [5, 5.41) is 8.29. The summed E-state index contributed by atoms with van der Waals surface area (Å²) in [5.41, 5.74) is 0.633. The second kappa shape index (κ2) is 6.86. The maximum Gasteiger partial charge on any atom is 0.275 e. The smallest absolute Gasteiger partial charge is 0.275 e. The molecule has 7 heteroatoms. The van der Waals surface area contributed by atoms with E-state index in [1.165, 1.54) is 4.90 Å². The van der Waals surface area contributed by atoms with Crippen molar-refractivity contribution in [2.45, 2.75) is 13.0 Å². The molecule has 1 unspecified atom stereocenters. The summed E-state index contributed by atoms with van der Waals surface area (Å²) in [4.78, 5) is 26.3. The first-order chi connectivity index (χ1) is 11.9. The molecule has 1 heterocycles. The fourth-order valence-corrected chi connectivity index (χ4v) is 3.24. The number of carbonyl (C=O) groups excluding carboxylic acids is 1. The second-order valence-corrected chi connectivity index (χ2v) is 6.55. The molecule has 2 aromatic carbocycles. The number of amides is 1. The third-order valence-electron chi connectivity index (χ3n) is 4.21. The maximum atomic E-state index is 12.9. The second-order valence-electron chi connectivity index (χ2n) is 5.70. The number of halogens is 2. The Labute approximate surface area is 154 Å². The fraction of sp³-hybridized carbons (Fsp3) is 0.167. The molecule has 0 saturated carbocycles. The van der Waals surface area contributed by atoms with E-state index in [9.17, 15) is 9.59 Å². The van der Waals surface area contributed by atoms with Crippen LogP contribution in [0.15, 0.2) is 47.3 Å². The van der Waals surface area contributed by atoms with E-state index in [2.05, 4.69) is 10.2 Å². The van der Waals surface area contributed by atoms with Crippen molar-refractivity contribution in [1.29, 1.82) is 0 Å². The Balaban J connectivity index is 2.01. The number of rotatable bonds is 3. The fourth-order valence-electron chi connectivity index (χ4n) is 2.67. The van der Waals surface area contributed by atoms with Gasteiger partial charge in [-0.3, -0.25) is 9.59 Å². The molecule has 0 aliphatic carbocycles. The van der Waals surface area contributed by atoms with Gasteiger partial charge in [-0.15, -0.1) is 0 Å². The van der Waals surface area contributed by atoms with Crippen LogP contribution in [0.3, 0.4) is 0 Å². The summed E-state index contributed by atoms with van der Waals surface area (Å²) in [6.45, 7) is 1.86. The molecule has 5 nitrogen and oxygen atoms in total. The molecular formula is C18H15Cl2N3O2. The number of aromatic nitrogens is 2. The van der Waals surface area contributed by atoms with Gasteiger partial charge < -0.3 is 4.90 Å². The molecule has 1 N–H and O–H groups in total. The van der Waals surface area contributed by atoms with Crippen molar-refractivity contribution >= 4 is 39.9 Å². The van der Waals surface area contributed by atoms with Gasteiger partial charge in [0.2, 0.25) is 0 Å². The molecule has 128 valence electrons. The van der Waals surface area contributed by atoms with Crippen LogP contribution in [0.1, 0.15) is 29.0 Å². The molecule has 0 radical (unpaired) electrons. The molecule has 25 heavy (non-hydrogen) atoms. The van der Waals surface area contributed by atoms with Gasteiger partial charge in [0.05, 0.1) is 11.4 Å². The van der Waals surface area contributed by atoms with Crippen LogP contribution in [0.4, 0.5) is 0 Å². The molecule has 0 fully saturated rings. The number of nitrogens with one attached hydrogen (secondary N) is 1. The SMILES string of the molecule is CC(c1ccc(Cl)cc1Cl)N(C)C(=O)c1n[nH]c(=O)c2ccccc12. The lowest BCUT2D eigenvalue weighted by Crippen LogP contribution is -2.31. The Morgan fingerprint density at radius 2 is 1.84 bits per heavy atom. The lowest BCUT2D eigenvalue weighted by molar-refractivity contribution is 0.0738. The van der Waals surface area contributed by atoms with Gasteiger partial charge in [-0.2, -0.15) is 5.10 Å². The Hall–Kier alpha value is -2.37. The number of carbonyl (C=O) groups is 1. The number of benzene rings is 2. The zero-order valence-corrected chi connectivity index (χ0v) is 15.1. The van der Waals surface area contributed by atoms with Gasteiger partial charge in [0, 0.05) is 22.5 Å². The van der Waals surface area contributed by atoms with Crippen LogP contribution in [-0.4, -0.2) is 28.1 Å². The average molecular weight is 376 g/mol. The van der Waals surface area contributed by atoms with E-state index in [0.717, 1.165) is 5.56 Å². The molecule has 0 spiro atoms. The first-order valence-corrected chi connectivity index (χ1v) is 8.35. The third kappa shape index (κ3) is 3.25.